The fourth-order valence-corrected chi connectivity index (χ4v) is 19.6. The minimum atomic E-state index is -0.348. The van der Waals surface area contributed by atoms with Crippen molar-refractivity contribution in [1.82, 2.24) is 50.5 Å². The molecule has 6 saturated heterocycles. The molecule has 15 rings (SSSR count). The van der Waals surface area contributed by atoms with Crippen molar-refractivity contribution in [1.29, 1.82) is 0 Å². The van der Waals surface area contributed by atoms with Gasteiger partial charge in [-0.3, -0.25) is 43.5 Å². The molecule has 0 atom stereocenters. The fraction of sp³-hybridized carbons (Fsp3) is 0.465. The lowest BCUT2D eigenvalue weighted by atomic mass is 9.93. The second-order valence-electron chi connectivity index (χ2n) is 35.7. The van der Waals surface area contributed by atoms with Crippen molar-refractivity contribution in [3.63, 3.8) is 0 Å². The molecule has 9 aromatic rings. The number of ether oxygens (including phenoxy) is 3. The van der Waals surface area contributed by atoms with Gasteiger partial charge in [-0.2, -0.15) is 0 Å². The van der Waals surface area contributed by atoms with Crippen LogP contribution < -0.4 is 47.3 Å². The number of likely N-dealkylation sites (tertiary alicyclic amines) is 2. The minimum absolute atomic E-state index is 0.00717. The number of likely N-dealkylation sites (N-methyl/N-ethyl adjacent to an activating group) is 1. The Morgan fingerprint density at radius 3 is 1.23 bits per heavy atom. The number of hydrogen-bond donors (Lipinski definition) is 7. The smallest absolute Gasteiger partial charge is 0.253 e. The first-order valence-electron chi connectivity index (χ1n) is 45.2. The first kappa shape index (κ1) is 88.5. The molecule has 6 aromatic carbocycles. The zero-order chi connectivity index (χ0) is 87.0. The molecule has 0 bridgehead atoms. The molecule has 3 amide bonds. The number of anilines is 3. The van der Waals surface area contributed by atoms with Gasteiger partial charge in [-0.05, 0) is 297 Å². The topological polar surface area (TPSA) is 256 Å². The number of aliphatic hydroxyl groups is 1. The normalized spacial score (nSPS) is 16.8. The SMILES string of the molecule is CCN(c1cc(-c2ccc(CN3CCC3)cc2)cc(C(=O)NCc2c(C)c(CCN(c3cc(-c4ccc(CN5CC(O)C5)cc4)cc(C(=O)NCc4c(C)c(CN(c5cc(-c6ccc(CN7CCCN(C)CC7)cc6)cc(C(=O)NCc6c(C)cc(C)[nH]c6=O)c5C)C5CCOCC5)c(C)[nH]c4=O)c3C)C3CCOCC3)c(C)[nH]c2=O)c1C)C1CCOCC1. The number of nitrogens with zero attached hydrogens (tertiary/aromatic N) is 7. The van der Waals surface area contributed by atoms with E-state index in [0.29, 0.717) is 131 Å². The van der Waals surface area contributed by atoms with Gasteiger partial charge in [0.25, 0.3) is 34.4 Å². The van der Waals surface area contributed by atoms with Crippen LogP contribution in [0.3, 0.4) is 0 Å². The van der Waals surface area contributed by atoms with Crippen molar-refractivity contribution in [2.24, 2.45) is 0 Å². The largest absolute Gasteiger partial charge is 0.390 e. The summed E-state index contributed by atoms with van der Waals surface area (Å²) < 4.78 is 18.0. The third-order valence-corrected chi connectivity index (χ3v) is 27.4. The highest BCUT2D eigenvalue weighted by Crippen LogP contribution is 2.40. The molecule has 6 aliphatic rings. The number of aryl methyl sites for hydroxylation is 4. The van der Waals surface area contributed by atoms with Gasteiger partial charge in [-0.15, -0.1) is 0 Å². The molecular formula is C101H127N13O10. The number of amides is 3. The first-order chi connectivity index (χ1) is 59.9. The molecule has 0 aliphatic carbocycles. The van der Waals surface area contributed by atoms with E-state index in [2.05, 4.69) is 170 Å². The number of aliphatic hydroxyl groups excluding tert-OH is 1. The maximum absolute atomic E-state index is 15.7. The minimum Gasteiger partial charge on any atom is -0.390 e. The van der Waals surface area contributed by atoms with E-state index in [1.54, 1.807) is 0 Å². The summed E-state index contributed by atoms with van der Waals surface area (Å²) in [7, 11) is 2.19. The van der Waals surface area contributed by atoms with Gasteiger partial charge in [0, 0.05) is 210 Å². The van der Waals surface area contributed by atoms with Crippen LogP contribution in [0, 0.1) is 62.3 Å². The molecule has 0 saturated carbocycles. The zero-order valence-corrected chi connectivity index (χ0v) is 74.7. The standard InChI is InChI=1S/C101H127N13O10/c1-12-112(81-28-41-122-42-29-81)93-51-78(75-21-15-72(16-22-75)57-109-36-14-37-109)48-86(67(93)6)97(117)103-55-90-65(4)85(70(9)106-100(90)120)27-38-113(82-30-43-123-44-31-82)94-52-79(76-25-19-74(20-26-76)59-111-60-84(115)61-111)49-87(68(94)7)98(118)104-56-91-66(5)92(71(10)107-101(91)121)62-114(83-32-45-124-46-33-83)95-53-80(77-23-17-73(18-24-77)58-110-35-13-34-108(11)39-40-110)50-88(69(95)8)96(116)102-54-89-63(2)47-64(3)105-99(89)119/h15-26,47-53,81-84,115H,12-14,27-46,54-62H2,1-11H3,(H,102,116)(H,103,117)(H,104,118)(H,105,119)(H,106,120)(H,107,121). The molecular weight excluding hydrogens is 1560 g/mol. The number of nitrogens with one attached hydrogen (secondary N) is 6. The van der Waals surface area contributed by atoms with E-state index in [1.165, 1.54) is 17.5 Å². The number of rotatable bonds is 30. The Morgan fingerprint density at radius 2 is 0.798 bits per heavy atom. The van der Waals surface area contributed by atoms with Gasteiger partial charge in [0.15, 0.2) is 0 Å². The molecule has 0 spiro atoms. The second kappa shape index (κ2) is 39.9. The number of aromatic amines is 3. The lowest BCUT2D eigenvalue weighted by molar-refractivity contribution is -0.00287. The summed E-state index contributed by atoms with van der Waals surface area (Å²) in [5, 5.41) is 19.9. The maximum Gasteiger partial charge on any atom is 0.253 e. The molecule has 23 heteroatoms. The number of pyridine rings is 3. The molecule has 656 valence electrons. The number of hydrogen-bond acceptors (Lipinski definition) is 17. The van der Waals surface area contributed by atoms with Crippen molar-refractivity contribution >= 4 is 34.8 Å². The molecule has 3 aromatic heterocycles. The van der Waals surface area contributed by atoms with Gasteiger partial charge in [0.1, 0.15) is 0 Å². The van der Waals surface area contributed by atoms with Crippen LogP contribution in [-0.2, 0) is 66.4 Å². The van der Waals surface area contributed by atoms with Crippen molar-refractivity contribution in [3.05, 3.63) is 258 Å². The van der Waals surface area contributed by atoms with E-state index < -0.39 is 0 Å². The van der Waals surface area contributed by atoms with Gasteiger partial charge < -0.3 is 69.8 Å². The Morgan fingerprint density at radius 1 is 0.419 bits per heavy atom. The molecule has 7 N–H and O–H groups in total. The van der Waals surface area contributed by atoms with Gasteiger partial charge in [-0.25, -0.2) is 0 Å². The maximum atomic E-state index is 15.7. The molecule has 6 fully saturated rings. The Hall–Kier alpha value is -10.3. The van der Waals surface area contributed by atoms with Gasteiger partial charge in [0.2, 0.25) is 0 Å². The van der Waals surface area contributed by atoms with Gasteiger partial charge in [-0.1, -0.05) is 72.8 Å². The monoisotopic (exact) mass is 1680 g/mol. The Balaban J connectivity index is 0.730. The molecule has 23 nitrogen and oxygen atoms in total. The summed E-state index contributed by atoms with van der Waals surface area (Å²) in [4.78, 5) is 114. The van der Waals surface area contributed by atoms with Crippen LogP contribution in [0.4, 0.5) is 17.1 Å². The van der Waals surface area contributed by atoms with E-state index in [1.807, 2.05) is 86.6 Å². The quantitative estimate of drug-likeness (QED) is 0.0221. The Kier molecular flexibility index (Phi) is 28.5. The highest BCUT2D eigenvalue weighted by atomic mass is 16.5. The summed E-state index contributed by atoms with van der Waals surface area (Å²) >= 11 is 0. The second-order valence-corrected chi connectivity index (χ2v) is 35.7. The number of benzene rings is 6. The van der Waals surface area contributed by atoms with Crippen molar-refractivity contribution < 1.29 is 33.7 Å². The van der Waals surface area contributed by atoms with Crippen molar-refractivity contribution in [3.8, 4) is 33.4 Å². The first-order valence-corrected chi connectivity index (χ1v) is 45.2. The predicted molar refractivity (Wildman–Crippen MR) is 493 cm³/mol. The van der Waals surface area contributed by atoms with Gasteiger partial charge in [0.05, 0.1) is 6.10 Å². The fourth-order valence-electron chi connectivity index (χ4n) is 19.6. The van der Waals surface area contributed by atoms with E-state index in [0.717, 1.165) is 203 Å². The highest BCUT2D eigenvalue weighted by molar-refractivity contribution is 6.01. The van der Waals surface area contributed by atoms with Crippen LogP contribution in [0.25, 0.3) is 33.4 Å². The van der Waals surface area contributed by atoms with E-state index in [4.69, 9.17) is 14.2 Å². The van der Waals surface area contributed by atoms with Crippen LogP contribution in [-0.4, -0.2) is 194 Å². The number of carbonyl (C=O) groups is 3. The number of β-amino-alcohol motifs (C(OH)–C–C–N with tert-alkyl or cyclic N) is 1. The average Bonchev–Trinajstić information content (AvgIpc) is 0.788. The third-order valence-electron chi connectivity index (χ3n) is 27.4. The molecule has 0 radical (unpaired) electrons. The van der Waals surface area contributed by atoms with E-state index in [-0.39, 0.29) is 78.3 Å². The Labute approximate surface area is 730 Å². The molecule has 9 heterocycles. The van der Waals surface area contributed by atoms with Crippen LogP contribution in [0.15, 0.2) is 130 Å². The summed E-state index contributed by atoms with van der Waals surface area (Å²) in [6, 6.07) is 40.6. The molecule has 124 heavy (non-hydrogen) atoms. The summed E-state index contributed by atoms with van der Waals surface area (Å²) in [5.41, 5.74) is 22.8. The summed E-state index contributed by atoms with van der Waals surface area (Å²) in [6.45, 7) is 35.0. The summed E-state index contributed by atoms with van der Waals surface area (Å²) in [6.07, 6.45) is 7.22. The zero-order valence-electron chi connectivity index (χ0n) is 74.7. The number of H-pyrrole nitrogens is 3. The van der Waals surface area contributed by atoms with Gasteiger partial charge >= 0.3 is 0 Å². The number of aromatic nitrogens is 3. The molecule has 6 aliphatic heterocycles. The lowest BCUT2D eigenvalue weighted by Crippen LogP contribution is -2.49. The van der Waals surface area contributed by atoms with E-state index >= 15 is 9.59 Å². The predicted octanol–water partition coefficient (Wildman–Crippen LogP) is 13.3. The van der Waals surface area contributed by atoms with Crippen LogP contribution in [0.1, 0.15) is 184 Å². The highest BCUT2D eigenvalue weighted by Gasteiger charge is 2.33. The number of carbonyl (C=O) groups excluding carboxylic acids is 3. The molecule has 0 unspecified atom stereocenters. The van der Waals surface area contributed by atoms with Crippen LogP contribution >= 0.6 is 0 Å². The van der Waals surface area contributed by atoms with Crippen LogP contribution in [0.5, 0.6) is 0 Å². The summed E-state index contributed by atoms with van der Waals surface area (Å²) in [5.74, 6) is -0.913. The van der Waals surface area contributed by atoms with Crippen LogP contribution in [0.2, 0.25) is 0 Å². The van der Waals surface area contributed by atoms with E-state index in [9.17, 15) is 24.3 Å². The van der Waals surface area contributed by atoms with Crippen molar-refractivity contribution in [2.45, 2.75) is 197 Å². The van der Waals surface area contributed by atoms with Crippen molar-refractivity contribution in [2.75, 3.05) is 127 Å². The third kappa shape index (κ3) is 20.4. The lowest BCUT2D eigenvalue weighted by Gasteiger charge is -2.38. The Bertz CT molecular complexity index is 5520. The average molecular weight is 1680 g/mol.